The molecule has 8 heteroatoms. The SMILES string of the molecule is c1ccc(COC[C@@H]2[C@@H](OCc3ccccc3)[C@H](OCc3ccccc3)[C@@H](OCc3ccccc3)c3nnnn32)cc1. The minimum absolute atomic E-state index is 0.334. The molecule has 1 aromatic heterocycles. The number of nitrogens with zero attached hydrogens (tertiary/aromatic N) is 4. The van der Waals surface area contributed by atoms with Crippen molar-refractivity contribution in [2.45, 2.75) is 50.8 Å². The smallest absolute Gasteiger partial charge is 0.183 e. The van der Waals surface area contributed by atoms with Crippen molar-refractivity contribution in [2.24, 2.45) is 0 Å². The Morgan fingerprint density at radius 1 is 0.524 bits per heavy atom. The average molecular weight is 563 g/mol. The van der Waals surface area contributed by atoms with Gasteiger partial charge >= 0.3 is 0 Å². The van der Waals surface area contributed by atoms with E-state index < -0.39 is 18.3 Å². The summed E-state index contributed by atoms with van der Waals surface area (Å²) in [6.07, 6.45) is -1.52. The zero-order valence-corrected chi connectivity index (χ0v) is 23.3. The van der Waals surface area contributed by atoms with Crippen LogP contribution in [0.2, 0.25) is 0 Å². The van der Waals surface area contributed by atoms with Crippen molar-refractivity contribution in [3.8, 4) is 0 Å². The predicted octanol–water partition coefficient (Wildman–Crippen LogP) is 5.87. The van der Waals surface area contributed by atoms with Gasteiger partial charge in [-0.25, -0.2) is 4.68 Å². The lowest BCUT2D eigenvalue weighted by Crippen LogP contribution is -2.50. The van der Waals surface area contributed by atoms with Crippen LogP contribution in [0.25, 0.3) is 0 Å². The van der Waals surface area contributed by atoms with E-state index in [1.54, 1.807) is 4.68 Å². The van der Waals surface area contributed by atoms with Crippen molar-refractivity contribution in [3.63, 3.8) is 0 Å². The summed E-state index contributed by atoms with van der Waals surface area (Å²) in [7, 11) is 0. The summed E-state index contributed by atoms with van der Waals surface area (Å²) >= 11 is 0. The molecule has 4 aromatic carbocycles. The molecule has 0 saturated heterocycles. The van der Waals surface area contributed by atoms with Crippen LogP contribution in [0.4, 0.5) is 0 Å². The maximum Gasteiger partial charge on any atom is 0.183 e. The van der Waals surface area contributed by atoms with Gasteiger partial charge in [-0.2, -0.15) is 0 Å². The molecule has 1 aliphatic heterocycles. The minimum atomic E-state index is -0.560. The van der Waals surface area contributed by atoms with Gasteiger partial charge in [0.15, 0.2) is 5.82 Å². The Balaban J connectivity index is 1.30. The van der Waals surface area contributed by atoms with Gasteiger partial charge in [0, 0.05) is 0 Å². The number of fused-ring (bicyclic) bond motifs is 1. The summed E-state index contributed by atoms with van der Waals surface area (Å²) in [6, 6.07) is 40.1. The standard InChI is InChI=1S/C34H34N4O4/c1-5-13-26(14-6-1)21-39-25-30-31(40-22-27-15-7-2-8-16-27)32(41-23-28-17-9-3-10-18-28)33(34-35-36-37-38(30)34)42-24-29-19-11-4-12-20-29/h1-20,30-33H,21-25H2/t30-,31-,32+,33-/m1/s1. The fraction of sp³-hybridized carbons (Fsp3) is 0.265. The summed E-state index contributed by atoms with van der Waals surface area (Å²) in [4.78, 5) is 0. The molecule has 0 spiro atoms. The highest BCUT2D eigenvalue weighted by atomic mass is 16.6. The number of rotatable bonds is 13. The van der Waals surface area contributed by atoms with E-state index in [2.05, 4.69) is 27.7 Å². The zero-order chi connectivity index (χ0) is 28.4. The van der Waals surface area contributed by atoms with Crippen LogP contribution in [0.3, 0.4) is 0 Å². The molecule has 0 N–H and O–H groups in total. The molecule has 0 bridgehead atoms. The van der Waals surface area contributed by atoms with Gasteiger partial charge in [0.25, 0.3) is 0 Å². The molecule has 2 heterocycles. The van der Waals surface area contributed by atoms with Crippen LogP contribution >= 0.6 is 0 Å². The summed E-state index contributed by atoms with van der Waals surface area (Å²) in [5, 5.41) is 12.8. The van der Waals surface area contributed by atoms with E-state index in [0.717, 1.165) is 22.3 Å². The highest BCUT2D eigenvalue weighted by Crippen LogP contribution is 2.38. The van der Waals surface area contributed by atoms with Gasteiger partial charge in [-0.15, -0.1) is 5.10 Å². The van der Waals surface area contributed by atoms with Crippen molar-refractivity contribution in [3.05, 3.63) is 149 Å². The lowest BCUT2D eigenvalue weighted by Gasteiger charge is -2.41. The highest BCUT2D eigenvalue weighted by Gasteiger charge is 2.47. The van der Waals surface area contributed by atoms with E-state index in [0.29, 0.717) is 38.9 Å². The molecule has 6 rings (SSSR count). The van der Waals surface area contributed by atoms with Crippen LogP contribution in [-0.4, -0.2) is 39.0 Å². The fourth-order valence-corrected chi connectivity index (χ4v) is 5.19. The molecular formula is C34H34N4O4. The van der Waals surface area contributed by atoms with Crippen LogP contribution in [0.15, 0.2) is 121 Å². The van der Waals surface area contributed by atoms with Gasteiger partial charge in [-0.1, -0.05) is 121 Å². The number of tetrazole rings is 1. The molecule has 8 nitrogen and oxygen atoms in total. The molecule has 0 saturated carbocycles. The Morgan fingerprint density at radius 2 is 0.976 bits per heavy atom. The van der Waals surface area contributed by atoms with Crippen molar-refractivity contribution in [1.82, 2.24) is 20.2 Å². The molecule has 0 radical (unpaired) electrons. The Morgan fingerprint density at radius 3 is 1.50 bits per heavy atom. The van der Waals surface area contributed by atoms with Gasteiger partial charge in [0.05, 0.1) is 33.0 Å². The van der Waals surface area contributed by atoms with Gasteiger partial charge in [-0.05, 0) is 32.7 Å². The maximum absolute atomic E-state index is 6.69. The first-order valence-corrected chi connectivity index (χ1v) is 14.2. The molecule has 42 heavy (non-hydrogen) atoms. The van der Waals surface area contributed by atoms with Crippen molar-refractivity contribution >= 4 is 0 Å². The molecular weight excluding hydrogens is 528 g/mol. The molecule has 214 valence electrons. The minimum Gasteiger partial charge on any atom is -0.374 e. The lowest BCUT2D eigenvalue weighted by atomic mass is 9.95. The van der Waals surface area contributed by atoms with Crippen LogP contribution in [0.5, 0.6) is 0 Å². The Kier molecular flexibility index (Phi) is 9.39. The second kappa shape index (κ2) is 14.1. The van der Waals surface area contributed by atoms with Crippen molar-refractivity contribution < 1.29 is 18.9 Å². The monoisotopic (exact) mass is 562 g/mol. The molecule has 5 aromatic rings. The number of ether oxygens (including phenoxy) is 4. The summed E-state index contributed by atoms with van der Waals surface area (Å²) in [5.74, 6) is 0.594. The summed E-state index contributed by atoms with van der Waals surface area (Å²) in [5.41, 5.74) is 4.26. The second-order valence-electron chi connectivity index (χ2n) is 10.3. The first-order chi connectivity index (χ1) is 20.8. The van der Waals surface area contributed by atoms with Gasteiger partial charge < -0.3 is 18.9 Å². The largest absolute Gasteiger partial charge is 0.374 e. The average Bonchev–Trinajstić information content (AvgIpc) is 3.54. The quantitative estimate of drug-likeness (QED) is 0.177. The zero-order valence-electron chi connectivity index (χ0n) is 23.3. The second-order valence-corrected chi connectivity index (χ2v) is 10.3. The number of hydrogen-bond donors (Lipinski definition) is 0. The van der Waals surface area contributed by atoms with E-state index in [1.165, 1.54) is 0 Å². The predicted molar refractivity (Wildman–Crippen MR) is 157 cm³/mol. The van der Waals surface area contributed by atoms with E-state index in [1.807, 2.05) is 109 Å². The molecule has 0 amide bonds. The Bertz CT molecular complexity index is 1490. The highest BCUT2D eigenvalue weighted by molar-refractivity contribution is 5.17. The van der Waals surface area contributed by atoms with E-state index >= 15 is 0 Å². The normalized spacial score (nSPS) is 19.8. The summed E-state index contributed by atoms with van der Waals surface area (Å²) in [6.45, 7) is 1.96. The van der Waals surface area contributed by atoms with Crippen LogP contribution < -0.4 is 0 Å². The number of aromatic nitrogens is 4. The fourth-order valence-electron chi connectivity index (χ4n) is 5.19. The lowest BCUT2D eigenvalue weighted by molar-refractivity contribution is -0.190. The third kappa shape index (κ3) is 6.98. The number of hydrogen-bond acceptors (Lipinski definition) is 7. The van der Waals surface area contributed by atoms with E-state index in [9.17, 15) is 0 Å². The Hall–Kier alpha value is -4.21. The number of benzene rings is 4. The third-order valence-corrected chi connectivity index (χ3v) is 7.33. The molecule has 1 aliphatic rings. The first-order valence-electron chi connectivity index (χ1n) is 14.2. The molecule has 4 atom stereocenters. The summed E-state index contributed by atoms with van der Waals surface area (Å²) < 4.78 is 28.0. The van der Waals surface area contributed by atoms with E-state index in [4.69, 9.17) is 18.9 Å². The molecule has 0 fully saturated rings. The maximum atomic E-state index is 6.69. The van der Waals surface area contributed by atoms with E-state index in [-0.39, 0.29) is 6.04 Å². The molecule has 0 unspecified atom stereocenters. The topological polar surface area (TPSA) is 80.5 Å². The van der Waals surface area contributed by atoms with Crippen LogP contribution in [0.1, 0.15) is 40.2 Å². The van der Waals surface area contributed by atoms with Crippen molar-refractivity contribution in [2.75, 3.05) is 6.61 Å². The van der Waals surface area contributed by atoms with Crippen molar-refractivity contribution in [1.29, 1.82) is 0 Å². The van der Waals surface area contributed by atoms with Crippen LogP contribution in [-0.2, 0) is 45.4 Å². The third-order valence-electron chi connectivity index (χ3n) is 7.33. The van der Waals surface area contributed by atoms with Gasteiger partial charge in [0.2, 0.25) is 0 Å². The Labute approximate surface area is 245 Å². The molecule has 0 aliphatic carbocycles. The van der Waals surface area contributed by atoms with Gasteiger partial charge in [0.1, 0.15) is 24.4 Å². The van der Waals surface area contributed by atoms with Crippen LogP contribution in [0, 0.1) is 0 Å². The first kappa shape index (κ1) is 27.9. The van der Waals surface area contributed by atoms with Gasteiger partial charge in [-0.3, -0.25) is 0 Å².